The number of benzene rings is 2. The van der Waals surface area contributed by atoms with Crippen molar-refractivity contribution in [2.75, 3.05) is 17.9 Å². The first-order valence-electron chi connectivity index (χ1n) is 9.58. The van der Waals surface area contributed by atoms with Crippen LogP contribution in [0.1, 0.15) is 29.9 Å². The molecule has 0 saturated carbocycles. The standard InChI is InChI=1S/C21H22ClN5O2S/c1-4-17-24-25-21-27(17)26-18(13-7-10-16(29-3)15(22)11-13)19(30-21)20(28)23-14-8-5-12(2)6-9-14/h5-11,18-19,26H,4H2,1-3H3,(H,23,28)/t18-,19+/m0/s1. The number of fused-ring (bicyclic) bond motifs is 1. The van der Waals surface area contributed by atoms with Crippen molar-refractivity contribution in [2.45, 2.75) is 36.7 Å². The Bertz CT molecular complexity index is 1070. The van der Waals surface area contributed by atoms with Crippen LogP contribution in [0.25, 0.3) is 0 Å². The van der Waals surface area contributed by atoms with E-state index >= 15 is 0 Å². The molecule has 0 unspecified atom stereocenters. The van der Waals surface area contributed by atoms with Crippen LogP contribution in [0.3, 0.4) is 0 Å². The molecule has 0 fully saturated rings. The van der Waals surface area contributed by atoms with Gasteiger partial charge < -0.3 is 15.5 Å². The Morgan fingerprint density at radius 1 is 1.27 bits per heavy atom. The molecular formula is C21H22ClN5O2S. The van der Waals surface area contributed by atoms with Crippen molar-refractivity contribution in [3.8, 4) is 5.75 Å². The van der Waals surface area contributed by atoms with Crippen LogP contribution >= 0.6 is 23.4 Å². The number of halogens is 1. The number of nitrogens with one attached hydrogen (secondary N) is 2. The number of thioether (sulfide) groups is 1. The van der Waals surface area contributed by atoms with Crippen molar-refractivity contribution in [2.24, 2.45) is 0 Å². The molecule has 2 atom stereocenters. The summed E-state index contributed by atoms with van der Waals surface area (Å²) in [5.74, 6) is 1.27. The predicted molar refractivity (Wildman–Crippen MR) is 119 cm³/mol. The number of amides is 1. The average molecular weight is 444 g/mol. The highest BCUT2D eigenvalue weighted by Gasteiger charge is 2.38. The van der Waals surface area contributed by atoms with Gasteiger partial charge in [-0.25, -0.2) is 4.68 Å². The summed E-state index contributed by atoms with van der Waals surface area (Å²) in [6.45, 7) is 4.02. The van der Waals surface area contributed by atoms with E-state index in [0.717, 1.165) is 29.1 Å². The lowest BCUT2D eigenvalue weighted by atomic mass is 10.0. The summed E-state index contributed by atoms with van der Waals surface area (Å²) in [6.07, 6.45) is 0.719. The quantitative estimate of drug-likeness (QED) is 0.614. The molecule has 1 aromatic heterocycles. The molecule has 0 saturated heterocycles. The third-order valence-electron chi connectivity index (χ3n) is 4.93. The molecule has 1 amide bonds. The second-order valence-electron chi connectivity index (χ2n) is 6.98. The average Bonchev–Trinajstić information content (AvgIpc) is 3.16. The second kappa shape index (κ2) is 8.57. The molecule has 2 heterocycles. The fourth-order valence-corrected chi connectivity index (χ4v) is 4.67. The van der Waals surface area contributed by atoms with Crippen LogP contribution in [0.15, 0.2) is 47.6 Å². The number of aromatic nitrogens is 3. The molecule has 0 aliphatic carbocycles. The van der Waals surface area contributed by atoms with E-state index in [1.807, 2.05) is 54.9 Å². The van der Waals surface area contributed by atoms with Crippen molar-refractivity contribution < 1.29 is 9.53 Å². The van der Waals surface area contributed by atoms with Crippen LogP contribution in [-0.4, -0.2) is 33.1 Å². The zero-order chi connectivity index (χ0) is 21.3. The van der Waals surface area contributed by atoms with Gasteiger partial charge in [-0.2, -0.15) is 0 Å². The Balaban J connectivity index is 1.68. The summed E-state index contributed by atoms with van der Waals surface area (Å²) < 4.78 is 7.12. The van der Waals surface area contributed by atoms with Gasteiger partial charge in [-0.05, 0) is 36.8 Å². The van der Waals surface area contributed by atoms with Crippen molar-refractivity contribution in [3.05, 3.63) is 64.4 Å². The number of rotatable bonds is 5. The van der Waals surface area contributed by atoms with Crippen molar-refractivity contribution in [3.63, 3.8) is 0 Å². The number of aryl methyl sites for hydroxylation is 2. The van der Waals surface area contributed by atoms with E-state index in [1.54, 1.807) is 13.2 Å². The summed E-state index contributed by atoms with van der Waals surface area (Å²) >= 11 is 7.75. The molecule has 2 aromatic carbocycles. The summed E-state index contributed by atoms with van der Waals surface area (Å²) in [6, 6.07) is 12.9. The lowest BCUT2D eigenvalue weighted by molar-refractivity contribution is -0.116. The molecule has 1 aliphatic rings. The van der Waals surface area contributed by atoms with Gasteiger partial charge in [0, 0.05) is 12.1 Å². The minimum atomic E-state index is -0.475. The largest absolute Gasteiger partial charge is 0.495 e. The van der Waals surface area contributed by atoms with Gasteiger partial charge in [-0.1, -0.05) is 54.0 Å². The zero-order valence-corrected chi connectivity index (χ0v) is 18.4. The van der Waals surface area contributed by atoms with Crippen molar-refractivity contribution in [1.29, 1.82) is 0 Å². The van der Waals surface area contributed by atoms with E-state index in [9.17, 15) is 4.79 Å². The molecule has 2 N–H and O–H groups in total. The molecule has 156 valence electrons. The van der Waals surface area contributed by atoms with E-state index in [4.69, 9.17) is 16.3 Å². The highest BCUT2D eigenvalue weighted by atomic mass is 35.5. The highest BCUT2D eigenvalue weighted by Crippen LogP contribution is 2.39. The summed E-state index contributed by atoms with van der Waals surface area (Å²) in [5.41, 5.74) is 6.17. The maximum absolute atomic E-state index is 13.2. The van der Waals surface area contributed by atoms with Gasteiger partial charge >= 0.3 is 0 Å². The number of ether oxygens (including phenoxy) is 1. The van der Waals surface area contributed by atoms with E-state index < -0.39 is 5.25 Å². The number of carbonyl (C=O) groups is 1. The first-order valence-corrected chi connectivity index (χ1v) is 10.8. The van der Waals surface area contributed by atoms with Crippen molar-refractivity contribution in [1.82, 2.24) is 14.9 Å². The van der Waals surface area contributed by atoms with E-state index in [0.29, 0.717) is 15.9 Å². The Morgan fingerprint density at radius 3 is 2.70 bits per heavy atom. The third kappa shape index (κ3) is 3.97. The predicted octanol–water partition coefficient (Wildman–Crippen LogP) is 4.21. The zero-order valence-electron chi connectivity index (χ0n) is 16.8. The minimum Gasteiger partial charge on any atom is -0.495 e. The van der Waals surface area contributed by atoms with Crippen LogP contribution < -0.4 is 15.5 Å². The van der Waals surface area contributed by atoms with Gasteiger partial charge in [0.25, 0.3) is 0 Å². The van der Waals surface area contributed by atoms with Gasteiger partial charge in [0.2, 0.25) is 11.1 Å². The van der Waals surface area contributed by atoms with Crippen LogP contribution in [-0.2, 0) is 11.2 Å². The third-order valence-corrected chi connectivity index (χ3v) is 6.44. The van der Waals surface area contributed by atoms with Crippen LogP contribution in [0.4, 0.5) is 5.69 Å². The van der Waals surface area contributed by atoms with Gasteiger partial charge in [0.1, 0.15) is 11.0 Å². The van der Waals surface area contributed by atoms with Gasteiger partial charge in [0.05, 0.1) is 18.2 Å². The van der Waals surface area contributed by atoms with E-state index in [1.165, 1.54) is 11.8 Å². The molecule has 7 nitrogen and oxygen atoms in total. The van der Waals surface area contributed by atoms with Crippen molar-refractivity contribution >= 4 is 35.0 Å². The minimum absolute atomic E-state index is 0.124. The maximum Gasteiger partial charge on any atom is 0.240 e. The van der Waals surface area contributed by atoms with Crippen LogP contribution in [0.5, 0.6) is 5.75 Å². The Morgan fingerprint density at radius 2 is 2.03 bits per heavy atom. The Kier molecular flexibility index (Phi) is 5.87. The number of nitrogens with zero attached hydrogens (tertiary/aromatic N) is 3. The maximum atomic E-state index is 13.2. The summed E-state index contributed by atoms with van der Waals surface area (Å²) in [4.78, 5) is 13.2. The Hall–Kier alpha value is -2.71. The van der Waals surface area contributed by atoms with E-state index in [-0.39, 0.29) is 11.9 Å². The summed E-state index contributed by atoms with van der Waals surface area (Å²) in [5, 5.41) is 12.2. The number of anilines is 1. The lowest BCUT2D eigenvalue weighted by Crippen LogP contribution is -2.41. The SMILES string of the molecule is CCc1nnc2n1N[C@@H](c1ccc(OC)c(Cl)c1)[C@H](C(=O)Nc1ccc(C)cc1)S2. The molecule has 4 rings (SSSR count). The molecule has 0 bridgehead atoms. The first-order chi connectivity index (χ1) is 14.5. The van der Waals surface area contributed by atoms with Gasteiger partial charge in [-0.3, -0.25) is 4.79 Å². The molecule has 0 spiro atoms. The number of carbonyl (C=O) groups excluding carboxylic acids is 1. The smallest absolute Gasteiger partial charge is 0.240 e. The second-order valence-corrected chi connectivity index (χ2v) is 8.50. The molecular weight excluding hydrogens is 422 g/mol. The number of methoxy groups -OCH3 is 1. The first kappa shape index (κ1) is 20.6. The fraction of sp³-hybridized carbons (Fsp3) is 0.286. The van der Waals surface area contributed by atoms with E-state index in [2.05, 4.69) is 20.9 Å². The lowest BCUT2D eigenvalue weighted by Gasteiger charge is -2.33. The topological polar surface area (TPSA) is 81.1 Å². The highest BCUT2D eigenvalue weighted by molar-refractivity contribution is 8.00. The number of hydrogen-bond donors (Lipinski definition) is 2. The molecule has 1 aliphatic heterocycles. The van der Waals surface area contributed by atoms with Gasteiger partial charge in [-0.15, -0.1) is 10.2 Å². The molecule has 9 heteroatoms. The molecule has 0 radical (unpaired) electrons. The fourth-order valence-electron chi connectivity index (χ4n) is 3.30. The van der Waals surface area contributed by atoms with Gasteiger partial charge in [0.15, 0.2) is 5.82 Å². The monoisotopic (exact) mass is 443 g/mol. The molecule has 30 heavy (non-hydrogen) atoms. The summed E-state index contributed by atoms with van der Waals surface area (Å²) in [7, 11) is 1.57. The Labute approximate surface area is 184 Å². The number of hydrogen-bond acceptors (Lipinski definition) is 6. The molecule has 3 aromatic rings. The van der Waals surface area contributed by atoms with Crippen LogP contribution in [0.2, 0.25) is 5.02 Å². The van der Waals surface area contributed by atoms with Crippen LogP contribution in [0, 0.1) is 6.92 Å². The normalized spacial score (nSPS) is 17.7.